The molecule has 0 saturated heterocycles. The second-order valence-electron chi connectivity index (χ2n) is 3.75. The first kappa shape index (κ1) is 13.3. The van der Waals surface area contributed by atoms with E-state index in [4.69, 9.17) is 22.3 Å². The zero-order valence-corrected chi connectivity index (χ0v) is 11.9. The van der Waals surface area contributed by atoms with E-state index >= 15 is 0 Å². The number of rotatable bonds is 2. The van der Waals surface area contributed by atoms with Crippen molar-refractivity contribution in [3.8, 4) is 5.82 Å². The molecule has 0 bridgehead atoms. The monoisotopic (exact) mass is 305 g/mol. The lowest BCUT2D eigenvalue weighted by atomic mass is 10.3. The fourth-order valence-corrected chi connectivity index (χ4v) is 3.47. The molecule has 0 unspecified atom stereocenters. The Balaban J connectivity index is 2.69. The summed E-state index contributed by atoms with van der Waals surface area (Å²) in [4.78, 5) is 3.90. The van der Waals surface area contributed by atoms with Crippen molar-refractivity contribution in [3.63, 3.8) is 0 Å². The smallest absolute Gasteiger partial charge is 0.237 e. The lowest BCUT2D eigenvalue weighted by Gasteiger charge is -2.02. The van der Waals surface area contributed by atoms with Crippen LogP contribution in [0.4, 0.5) is 0 Å². The highest BCUT2D eigenvalue weighted by Crippen LogP contribution is 2.29. The Labute approximate surface area is 114 Å². The first-order valence-corrected chi connectivity index (χ1v) is 7.62. The molecule has 0 N–H and O–H groups in total. The highest BCUT2D eigenvalue weighted by molar-refractivity contribution is 8.13. The van der Waals surface area contributed by atoms with Crippen LogP contribution in [0, 0.1) is 13.8 Å². The summed E-state index contributed by atoms with van der Waals surface area (Å²) in [5, 5.41) is 3.98. The predicted molar refractivity (Wildman–Crippen MR) is 68.9 cm³/mol. The molecule has 2 heterocycles. The Morgan fingerprint density at radius 3 is 2.50 bits per heavy atom. The van der Waals surface area contributed by atoms with Crippen molar-refractivity contribution in [1.82, 2.24) is 14.8 Å². The molecule has 0 atom stereocenters. The van der Waals surface area contributed by atoms with Crippen molar-refractivity contribution in [2.45, 2.75) is 18.7 Å². The highest BCUT2D eigenvalue weighted by Gasteiger charge is 2.25. The fourth-order valence-electron chi connectivity index (χ4n) is 1.55. The van der Waals surface area contributed by atoms with Gasteiger partial charge in [-0.25, -0.2) is 18.1 Å². The maximum atomic E-state index is 11.4. The zero-order valence-electron chi connectivity index (χ0n) is 9.55. The number of nitrogens with zero attached hydrogens (tertiary/aromatic N) is 3. The molecule has 18 heavy (non-hydrogen) atoms. The molecule has 8 heteroatoms. The summed E-state index contributed by atoms with van der Waals surface area (Å²) in [5.41, 5.74) is 1.19. The van der Waals surface area contributed by atoms with Gasteiger partial charge >= 0.3 is 0 Å². The zero-order chi connectivity index (χ0) is 13.5. The molecule has 2 aromatic rings. The maximum absolute atomic E-state index is 11.4. The minimum Gasteiger partial charge on any atom is -0.237 e. The van der Waals surface area contributed by atoms with E-state index in [0.717, 1.165) is 5.56 Å². The summed E-state index contributed by atoms with van der Waals surface area (Å²) in [6, 6.07) is 3.55. The van der Waals surface area contributed by atoms with Crippen molar-refractivity contribution < 1.29 is 8.42 Å². The Kier molecular flexibility index (Phi) is 3.35. The Morgan fingerprint density at radius 2 is 2.00 bits per heavy atom. The van der Waals surface area contributed by atoms with Gasteiger partial charge in [0.25, 0.3) is 9.05 Å². The van der Waals surface area contributed by atoms with E-state index in [1.807, 2.05) is 13.0 Å². The third-order valence-corrected chi connectivity index (χ3v) is 4.21. The van der Waals surface area contributed by atoms with Crippen molar-refractivity contribution in [1.29, 1.82) is 0 Å². The van der Waals surface area contributed by atoms with E-state index in [0.29, 0.717) is 5.82 Å². The molecule has 0 aliphatic heterocycles. The van der Waals surface area contributed by atoms with Crippen molar-refractivity contribution >= 4 is 31.3 Å². The lowest BCUT2D eigenvalue weighted by Crippen LogP contribution is -2.00. The van der Waals surface area contributed by atoms with Gasteiger partial charge in [-0.05, 0) is 31.5 Å². The van der Waals surface area contributed by atoms with Crippen molar-refractivity contribution in [2.24, 2.45) is 0 Å². The van der Waals surface area contributed by atoms with Gasteiger partial charge in [-0.15, -0.1) is 0 Å². The summed E-state index contributed by atoms with van der Waals surface area (Å²) in [6.45, 7) is 3.40. The second-order valence-corrected chi connectivity index (χ2v) is 6.61. The maximum Gasteiger partial charge on any atom is 0.266 e. The van der Waals surface area contributed by atoms with E-state index in [9.17, 15) is 8.42 Å². The van der Waals surface area contributed by atoms with Crippen LogP contribution >= 0.6 is 22.3 Å². The minimum absolute atomic E-state index is 0.0689. The second kappa shape index (κ2) is 4.53. The third kappa shape index (κ3) is 2.36. The number of hydrogen-bond acceptors (Lipinski definition) is 4. The molecule has 0 aromatic carbocycles. The van der Waals surface area contributed by atoms with Crippen LogP contribution < -0.4 is 0 Å². The van der Waals surface area contributed by atoms with Gasteiger partial charge in [-0.1, -0.05) is 11.6 Å². The van der Waals surface area contributed by atoms with Crippen LogP contribution in [-0.2, 0) is 9.05 Å². The molecular formula is C10H9Cl2N3O2S. The van der Waals surface area contributed by atoms with Crippen molar-refractivity contribution in [2.75, 3.05) is 0 Å². The average Bonchev–Trinajstić information content (AvgIpc) is 2.53. The molecule has 0 fully saturated rings. The average molecular weight is 306 g/mol. The quantitative estimate of drug-likeness (QED) is 0.800. The fraction of sp³-hybridized carbons (Fsp3) is 0.200. The molecule has 0 spiro atoms. The Morgan fingerprint density at radius 1 is 1.33 bits per heavy atom. The van der Waals surface area contributed by atoms with Crippen LogP contribution in [0.2, 0.25) is 5.15 Å². The lowest BCUT2D eigenvalue weighted by molar-refractivity contribution is 0.609. The van der Waals surface area contributed by atoms with Gasteiger partial charge in [-0.3, -0.25) is 0 Å². The largest absolute Gasteiger partial charge is 0.266 e. The molecule has 2 aromatic heterocycles. The number of hydrogen-bond donors (Lipinski definition) is 0. The standard InChI is InChI=1S/C10H9Cl2N3O2S/c1-6-3-4-13-8(5-6)15-10(11)9(7(2)14-15)18(12,16)17/h3-5H,1-2H3. The van der Waals surface area contributed by atoms with E-state index in [2.05, 4.69) is 10.1 Å². The van der Waals surface area contributed by atoms with Gasteiger partial charge in [0.05, 0.1) is 5.69 Å². The molecule has 0 aliphatic rings. The first-order chi connectivity index (χ1) is 8.30. The number of aryl methyl sites for hydroxylation is 2. The van der Waals surface area contributed by atoms with Gasteiger partial charge < -0.3 is 0 Å². The van der Waals surface area contributed by atoms with Crippen LogP contribution in [0.1, 0.15) is 11.3 Å². The van der Waals surface area contributed by atoms with Gasteiger partial charge in [0.15, 0.2) is 11.0 Å². The molecule has 0 saturated carbocycles. The Hall–Kier alpha value is -1.11. The molecule has 0 radical (unpaired) electrons. The molecular weight excluding hydrogens is 297 g/mol. The van der Waals surface area contributed by atoms with Gasteiger partial charge in [0.2, 0.25) is 0 Å². The molecule has 0 amide bonds. The Bertz CT molecular complexity index is 710. The number of aromatic nitrogens is 3. The van der Waals surface area contributed by atoms with Gasteiger partial charge in [0, 0.05) is 16.9 Å². The predicted octanol–water partition coefficient (Wildman–Crippen LogP) is 2.47. The number of pyridine rings is 1. The van der Waals surface area contributed by atoms with Crippen LogP contribution in [-0.4, -0.2) is 23.2 Å². The van der Waals surface area contributed by atoms with E-state index in [1.165, 1.54) is 11.6 Å². The molecule has 96 valence electrons. The summed E-state index contributed by atoms with van der Waals surface area (Å²) < 4.78 is 24.0. The van der Waals surface area contributed by atoms with E-state index < -0.39 is 9.05 Å². The first-order valence-electron chi connectivity index (χ1n) is 4.93. The summed E-state index contributed by atoms with van der Waals surface area (Å²) >= 11 is 6.00. The van der Waals surface area contributed by atoms with Gasteiger partial charge in [-0.2, -0.15) is 5.10 Å². The van der Waals surface area contributed by atoms with Crippen LogP contribution in [0.3, 0.4) is 0 Å². The number of halogens is 2. The van der Waals surface area contributed by atoms with E-state index in [1.54, 1.807) is 12.3 Å². The summed E-state index contributed by atoms with van der Waals surface area (Å²) in [7, 11) is 1.38. The van der Waals surface area contributed by atoms with Crippen LogP contribution in [0.25, 0.3) is 5.82 Å². The normalized spacial score (nSPS) is 11.8. The third-order valence-electron chi connectivity index (χ3n) is 2.31. The minimum atomic E-state index is -3.93. The summed E-state index contributed by atoms with van der Waals surface area (Å²) in [5.74, 6) is 0.440. The molecule has 2 rings (SSSR count). The van der Waals surface area contributed by atoms with Crippen LogP contribution in [0.5, 0.6) is 0 Å². The molecule has 5 nitrogen and oxygen atoms in total. The van der Waals surface area contributed by atoms with Gasteiger partial charge in [0.1, 0.15) is 4.90 Å². The summed E-state index contributed by atoms with van der Waals surface area (Å²) in [6.07, 6.45) is 1.59. The SMILES string of the molecule is Cc1ccnc(-n2nc(C)c(S(=O)(=O)Cl)c2Cl)c1. The van der Waals surface area contributed by atoms with Crippen LogP contribution in [0.15, 0.2) is 23.2 Å². The van der Waals surface area contributed by atoms with Crippen molar-refractivity contribution in [3.05, 3.63) is 34.7 Å². The topological polar surface area (TPSA) is 64.8 Å². The molecule has 0 aliphatic carbocycles. The highest BCUT2D eigenvalue weighted by atomic mass is 35.7. The van der Waals surface area contributed by atoms with E-state index in [-0.39, 0.29) is 15.7 Å².